The Kier molecular flexibility index (Phi) is 57.9. The third kappa shape index (κ3) is 59.8. The number of aliphatic hydroxyl groups excluding tert-OH is 1. The molecule has 0 amide bonds. The van der Waals surface area contributed by atoms with Crippen LogP contribution in [0.1, 0.15) is 318 Å². The second kappa shape index (κ2) is 59.5. The maximum Gasteiger partial charge on any atom is 0.472 e. The lowest BCUT2D eigenvalue weighted by molar-refractivity contribution is -0.161. The van der Waals surface area contributed by atoms with Crippen LogP contribution >= 0.6 is 15.6 Å². The summed E-state index contributed by atoms with van der Waals surface area (Å²) in [5, 5.41) is 10.6. The van der Waals surface area contributed by atoms with Crippen molar-refractivity contribution in [2.75, 3.05) is 39.6 Å². The summed E-state index contributed by atoms with van der Waals surface area (Å²) in [4.78, 5) is 72.4. The predicted octanol–water partition coefficient (Wildman–Crippen LogP) is 19.0. The number of allylic oxidation sites excluding steroid dienone is 4. The number of ether oxygens (including phenoxy) is 4. The van der Waals surface area contributed by atoms with Gasteiger partial charge in [0, 0.05) is 25.7 Å². The first kappa shape index (κ1) is 85.5. The third-order valence-electron chi connectivity index (χ3n) is 16.0. The molecule has 0 aliphatic rings. The number of esters is 4. The molecule has 0 rings (SSSR count). The summed E-state index contributed by atoms with van der Waals surface area (Å²) in [6.07, 6.45) is 45.3. The lowest BCUT2D eigenvalue weighted by atomic mass is 9.99. The monoisotopic (exact) mass is 1290 g/mol. The summed E-state index contributed by atoms with van der Waals surface area (Å²) in [5.74, 6) is 0.0551. The van der Waals surface area contributed by atoms with E-state index in [1.807, 2.05) is 0 Å². The number of carbonyl (C=O) groups is 4. The molecule has 0 saturated carbocycles. The molecule has 0 fully saturated rings. The summed E-state index contributed by atoms with van der Waals surface area (Å²) < 4.78 is 68.2. The van der Waals surface area contributed by atoms with Crippen LogP contribution in [-0.4, -0.2) is 96.7 Å². The Bertz CT molecular complexity index is 1830. The molecule has 19 heteroatoms. The van der Waals surface area contributed by atoms with E-state index < -0.39 is 97.5 Å². The van der Waals surface area contributed by atoms with E-state index in [0.29, 0.717) is 25.7 Å². The van der Waals surface area contributed by atoms with Gasteiger partial charge >= 0.3 is 39.5 Å². The van der Waals surface area contributed by atoms with E-state index in [2.05, 4.69) is 72.8 Å². The van der Waals surface area contributed by atoms with Gasteiger partial charge in [-0.15, -0.1) is 0 Å². The number of aliphatic hydroxyl groups is 1. The Balaban J connectivity index is 5.30. The van der Waals surface area contributed by atoms with E-state index in [-0.39, 0.29) is 25.7 Å². The van der Waals surface area contributed by atoms with E-state index in [1.54, 1.807) is 0 Å². The second-order valence-electron chi connectivity index (χ2n) is 25.2. The minimum absolute atomic E-state index is 0.0839. The van der Waals surface area contributed by atoms with Crippen LogP contribution in [-0.2, 0) is 65.4 Å². The Morgan fingerprint density at radius 3 is 1.01 bits per heavy atom. The largest absolute Gasteiger partial charge is 0.472 e. The van der Waals surface area contributed by atoms with Gasteiger partial charge in [0.25, 0.3) is 0 Å². The molecule has 0 heterocycles. The first-order valence-electron chi connectivity index (χ1n) is 35.2. The highest BCUT2D eigenvalue weighted by atomic mass is 31.2. The maximum absolute atomic E-state index is 13.0. The van der Waals surface area contributed by atoms with Gasteiger partial charge in [-0.3, -0.25) is 37.3 Å². The predicted molar refractivity (Wildman–Crippen MR) is 354 cm³/mol. The summed E-state index contributed by atoms with van der Waals surface area (Å²) >= 11 is 0. The van der Waals surface area contributed by atoms with Crippen LogP contribution in [0.15, 0.2) is 24.3 Å². The quantitative estimate of drug-likeness (QED) is 0.0169. The average molecular weight is 1290 g/mol. The summed E-state index contributed by atoms with van der Waals surface area (Å²) in [5.41, 5.74) is 0. The third-order valence-corrected chi connectivity index (χ3v) is 17.9. The highest BCUT2D eigenvalue weighted by Gasteiger charge is 2.30. The molecule has 0 aromatic rings. The van der Waals surface area contributed by atoms with E-state index in [1.165, 1.54) is 116 Å². The molecule has 3 N–H and O–H groups in total. The van der Waals surface area contributed by atoms with Crippen molar-refractivity contribution in [3.05, 3.63) is 24.3 Å². The molecule has 0 bridgehead atoms. The molecule has 518 valence electrons. The van der Waals surface area contributed by atoms with Crippen molar-refractivity contribution in [2.45, 2.75) is 336 Å². The van der Waals surface area contributed by atoms with Gasteiger partial charge in [0.2, 0.25) is 0 Å². The van der Waals surface area contributed by atoms with Gasteiger partial charge < -0.3 is 33.8 Å². The second-order valence-corrected chi connectivity index (χ2v) is 28.1. The highest BCUT2D eigenvalue weighted by molar-refractivity contribution is 7.47. The van der Waals surface area contributed by atoms with Crippen LogP contribution in [0.5, 0.6) is 0 Å². The zero-order valence-electron chi connectivity index (χ0n) is 56.7. The van der Waals surface area contributed by atoms with Gasteiger partial charge in [-0.1, -0.05) is 265 Å². The van der Waals surface area contributed by atoms with Crippen LogP contribution in [0, 0.1) is 17.8 Å². The smallest absolute Gasteiger partial charge is 0.462 e. The number of hydrogen-bond acceptors (Lipinski definition) is 15. The first-order chi connectivity index (χ1) is 42.3. The number of hydrogen-bond donors (Lipinski definition) is 3. The Hall–Kier alpha value is -2.46. The number of carbonyl (C=O) groups excluding carboxylic acids is 4. The molecule has 5 unspecified atom stereocenters. The van der Waals surface area contributed by atoms with E-state index in [0.717, 1.165) is 120 Å². The number of rotatable bonds is 65. The molecule has 88 heavy (non-hydrogen) atoms. The van der Waals surface area contributed by atoms with Crippen molar-refractivity contribution < 1.29 is 80.2 Å². The molecular formula is C69H130O17P2. The average Bonchev–Trinajstić information content (AvgIpc) is 3.51. The molecule has 0 aromatic carbocycles. The number of phosphoric ester groups is 2. The summed E-state index contributed by atoms with van der Waals surface area (Å²) in [7, 11) is -9.91. The van der Waals surface area contributed by atoms with Crippen molar-refractivity contribution in [1.82, 2.24) is 0 Å². The number of unbranched alkanes of at least 4 members (excludes halogenated alkanes) is 28. The summed E-state index contributed by atoms with van der Waals surface area (Å²) in [6.45, 7) is 11.7. The molecule has 0 aliphatic carbocycles. The van der Waals surface area contributed by atoms with Gasteiger partial charge in [0.15, 0.2) is 12.2 Å². The minimum atomic E-state index is -4.96. The molecule has 17 nitrogen and oxygen atoms in total. The minimum Gasteiger partial charge on any atom is -0.462 e. The fourth-order valence-electron chi connectivity index (χ4n) is 9.76. The summed E-state index contributed by atoms with van der Waals surface area (Å²) in [6, 6.07) is 0. The topological polar surface area (TPSA) is 237 Å². The van der Waals surface area contributed by atoms with Crippen molar-refractivity contribution >= 4 is 39.5 Å². The molecule has 0 spiro atoms. The normalized spacial score (nSPS) is 15.0. The van der Waals surface area contributed by atoms with Gasteiger partial charge in [-0.25, -0.2) is 9.13 Å². The Morgan fingerprint density at radius 2 is 0.670 bits per heavy atom. The van der Waals surface area contributed by atoms with Crippen molar-refractivity contribution in [1.29, 1.82) is 0 Å². The molecule has 0 aliphatic heterocycles. The van der Waals surface area contributed by atoms with Gasteiger partial charge in [0.1, 0.15) is 19.3 Å². The zero-order valence-corrected chi connectivity index (χ0v) is 58.5. The van der Waals surface area contributed by atoms with Crippen LogP contribution < -0.4 is 0 Å². The van der Waals surface area contributed by atoms with Crippen LogP contribution in [0.3, 0.4) is 0 Å². The van der Waals surface area contributed by atoms with Crippen molar-refractivity contribution in [3.8, 4) is 0 Å². The molecule has 0 radical (unpaired) electrons. The molecule has 0 aromatic heterocycles. The van der Waals surface area contributed by atoms with E-state index in [9.17, 15) is 43.2 Å². The van der Waals surface area contributed by atoms with Crippen molar-refractivity contribution in [2.24, 2.45) is 17.8 Å². The standard InChI is InChI=1S/C69H130O17P2/c1-8-11-12-13-14-15-16-17-18-19-20-21-30-38-45-52-68(73)85-64(56-79-67(72)51-44-37-29-25-23-27-34-41-48-61(6)9-2)58-83-87(75,76)81-54-63(70)55-82-88(77,78)84-59-65(86-69(74)53-46-39-32-31-35-42-49-62(7)10-3)57-80-66(71)50-43-36-28-24-22-26-33-40-47-60(4)5/h15-18,60-65,70H,8-14,19-59H2,1-7H3,(H,75,76)(H,77,78)/b16-15-,18-17-/t61?,62?,63?,64-,65-/m1/s1. The van der Waals surface area contributed by atoms with Crippen LogP contribution in [0.4, 0.5) is 0 Å². The molecule has 7 atom stereocenters. The van der Waals surface area contributed by atoms with Gasteiger partial charge in [0.05, 0.1) is 26.4 Å². The fraction of sp³-hybridized carbons (Fsp3) is 0.884. The Morgan fingerprint density at radius 1 is 0.375 bits per heavy atom. The number of phosphoric acid groups is 2. The van der Waals surface area contributed by atoms with Crippen molar-refractivity contribution in [3.63, 3.8) is 0 Å². The molecular weight excluding hydrogens is 1160 g/mol. The lowest BCUT2D eigenvalue weighted by Crippen LogP contribution is -2.30. The van der Waals surface area contributed by atoms with Crippen LogP contribution in [0.2, 0.25) is 0 Å². The SMILES string of the molecule is CCCCCC/C=C\C=C/CCCCCCCC(=O)O[C@H](COC(=O)CCCCCCCCCCC(C)CC)COP(=O)(O)OCC(O)COP(=O)(O)OC[C@@H](COC(=O)CCCCCCCCCCC(C)C)OC(=O)CCCCCCCCC(C)CC. The van der Waals surface area contributed by atoms with Gasteiger partial charge in [-0.05, 0) is 69.1 Å². The molecule has 0 saturated heterocycles. The Labute approximate surface area is 535 Å². The zero-order chi connectivity index (χ0) is 65.2. The lowest BCUT2D eigenvalue weighted by Gasteiger charge is -2.21. The fourth-order valence-corrected chi connectivity index (χ4v) is 11.3. The van der Waals surface area contributed by atoms with Gasteiger partial charge in [-0.2, -0.15) is 0 Å². The van der Waals surface area contributed by atoms with E-state index in [4.69, 9.17) is 37.0 Å². The highest BCUT2D eigenvalue weighted by Crippen LogP contribution is 2.45. The first-order valence-corrected chi connectivity index (χ1v) is 38.2. The van der Waals surface area contributed by atoms with Crippen LogP contribution in [0.25, 0.3) is 0 Å². The van der Waals surface area contributed by atoms with E-state index >= 15 is 0 Å². The maximum atomic E-state index is 13.0.